The van der Waals surface area contributed by atoms with Gasteiger partial charge in [-0.3, -0.25) is 4.90 Å². The summed E-state index contributed by atoms with van der Waals surface area (Å²) in [5, 5.41) is 0. The molecule has 0 spiro atoms. The van der Waals surface area contributed by atoms with Crippen LogP contribution in [0, 0.1) is 22.2 Å². The van der Waals surface area contributed by atoms with Crippen LogP contribution < -0.4 is 0 Å². The smallest absolute Gasteiger partial charge is 0.0287 e. The van der Waals surface area contributed by atoms with Crippen molar-refractivity contribution < 1.29 is 0 Å². The predicted molar refractivity (Wildman–Crippen MR) is 116 cm³/mol. The van der Waals surface area contributed by atoms with Crippen LogP contribution >= 0.6 is 0 Å². The fourth-order valence-electron chi connectivity index (χ4n) is 9.36. The van der Waals surface area contributed by atoms with Crippen molar-refractivity contribution in [2.75, 3.05) is 0 Å². The third-order valence-corrected chi connectivity index (χ3v) is 9.30. The Labute approximate surface area is 171 Å². The second kappa shape index (κ2) is 5.97. The van der Waals surface area contributed by atoms with Crippen LogP contribution in [0.4, 0.5) is 0 Å². The van der Waals surface area contributed by atoms with Gasteiger partial charge in [-0.25, -0.2) is 0 Å². The molecule has 6 aliphatic rings. The van der Waals surface area contributed by atoms with Gasteiger partial charge in [-0.1, -0.05) is 62.2 Å². The Kier molecular flexibility index (Phi) is 3.79. The van der Waals surface area contributed by atoms with Crippen molar-refractivity contribution in [3.05, 3.63) is 47.5 Å². The molecule has 2 aliphatic heterocycles. The second-order valence-electron chi connectivity index (χ2n) is 12.1. The molecule has 0 aromatic heterocycles. The number of piperidine rings is 1. The number of benzene rings is 1. The maximum absolute atomic E-state index is 2.85. The summed E-state index contributed by atoms with van der Waals surface area (Å²) in [6.07, 6.45) is 17.4. The summed E-state index contributed by atoms with van der Waals surface area (Å²) >= 11 is 0. The lowest BCUT2D eigenvalue weighted by Gasteiger charge is -2.67. The SMILES string of the molecule is CC12CC3CC(C)(C1)CC(C1=CC4CCCC(C1)N4Cc1ccccc1)(C3)C2. The average molecular weight is 376 g/mol. The minimum Gasteiger partial charge on any atom is -0.289 e. The molecule has 28 heavy (non-hydrogen) atoms. The Morgan fingerprint density at radius 3 is 2.36 bits per heavy atom. The molecule has 4 aliphatic carbocycles. The van der Waals surface area contributed by atoms with Crippen LogP contribution in [0.5, 0.6) is 0 Å². The molecule has 1 nitrogen and oxygen atoms in total. The van der Waals surface area contributed by atoms with Gasteiger partial charge in [0.2, 0.25) is 0 Å². The van der Waals surface area contributed by atoms with Crippen molar-refractivity contribution >= 4 is 0 Å². The summed E-state index contributed by atoms with van der Waals surface area (Å²) in [6.45, 7) is 6.41. The van der Waals surface area contributed by atoms with E-state index in [1.807, 2.05) is 5.57 Å². The van der Waals surface area contributed by atoms with Gasteiger partial charge in [-0.15, -0.1) is 0 Å². The molecule has 2 heterocycles. The topological polar surface area (TPSA) is 3.24 Å². The Hall–Kier alpha value is -1.08. The molecular formula is C27H37N. The Morgan fingerprint density at radius 2 is 1.68 bits per heavy atom. The zero-order chi connectivity index (χ0) is 19.0. The number of hydrogen-bond donors (Lipinski definition) is 0. The van der Waals surface area contributed by atoms with Crippen LogP contribution in [-0.4, -0.2) is 17.0 Å². The molecule has 5 fully saturated rings. The molecule has 1 saturated heterocycles. The molecule has 1 aromatic rings. The average Bonchev–Trinajstić information content (AvgIpc) is 2.59. The summed E-state index contributed by atoms with van der Waals surface area (Å²) in [7, 11) is 0. The fourth-order valence-corrected chi connectivity index (χ4v) is 9.36. The van der Waals surface area contributed by atoms with Crippen molar-refractivity contribution in [2.45, 2.75) is 96.7 Å². The van der Waals surface area contributed by atoms with E-state index in [1.165, 1.54) is 69.8 Å². The van der Waals surface area contributed by atoms with Crippen LogP contribution in [-0.2, 0) is 6.54 Å². The van der Waals surface area contributed by atoms with Gasteiger partial charge in [-0.2, -0.15) is 0 Å². The van der Waals surface area contributed by atoms with Crippen LogP contribution in [0.1, 0.15) is 83.6 Å². The zero-order valence-corrected chi connectivity index (χ0v) is 17.9. The molecule has 0 N–H and O–H groups in total. The Balaban J connectivity index is 1.32. The van der Waals surface area contributed by atoms with Gasteiger partial charge >= 0.3 is 0 Å². The standard InChI is InChI=1S/C27H37N/c1-25-13-21-14-26(2,17-25)19-27(15-21,18-25)22-11-23-9-6-10-24(12-22)28(23)16-20-7-4-3-5-8-20/h3-5,7-8,11,21,23-24H,6,9-10,12-19H2,1-2H3. The predicted octanol–water partition coefficient (Wildman–Crippen LogP) is 6.74. The maximum atomic E-state index is 2.85. The minimum atomic E-state index is 0.565. The van der Waals surface area contributed by atoms with E-state index in [0.717, 1.165) is 18.5 Å². The second-order valence-corrected chi connectivity index (χ2v) is 12.1. The summed E-state index contributed by atoms with van der Waals surface area (Å²) in [6, 6.07) is 12.7. The van der Waals surface area contributed by atoms with Crippen LogP contribution in [0.2, 0.25) is 0 Å². The van der Waals surface area contributed by atoms with Gasteiger partial charge in [0.1, 0.15) is 0 Å². The van der Waals surface area contributed by atoms with Crippen LogP contribution in [0.25, 0.3) is 0 Å². The Bertz CT molecular complexity index is 774. The third kappa shape index (κ3) is 2.76. The van der Waals surface area contributed by atoms with Crippen molar-refractivity contribution in [1.29, 1.82) is 0 Å². The molecule has 7 rings (SSSR count). The van der Waals surface area contributed by atoms with E-state index >= 15 is 0 Å². The van der Waals surface area contributed by atoms with E-state index in [9.17, 15) is 0 Å². The quantitative estimate of drug-likeness (QED) is 0.529. The lowest BCUT2D eigenvalue weighted by Crippen LogP contribution is -2.57. The third-order valence-electron chi connectivity index (χ3n) is 9.30. The summed E-state index contributed by atoms with van der Waals surface area (Å²) in [4.78, 5) is 2.85. The largest absolute Gasteiger partial charge is 0.289 e. The normalized spacial score (nSPS) is 47.2. The van der Waals surface area contributed by atoms with Gasteiger partial charge in [0.15, 0.2) is 0 Å². The molecule has 4 unspecified atom stereocenters. The molecule has 1 heteroatoms. The molecule has 1 aromatic carbocycles. The molecular weight excluding hydrogens is 338 g/mol. The first kappa shape index (κ1) is 17.8. The van der Waals surface area contributed by atoms with Gasteiger partial charge in [0.25, 0.3) is 0 Å². The minimum absolute atomic E-state index is 0.565. The van der Waals surface area contributed by atoms with Gasteiger partial charge < -0.3 is 0 Å². The maximum Gasteiger partial charge on any atom is 0.0287 e. The first-order valence-corrected chi connectivity index (χ1v) is 12.0. The van der Waals surface area contributed by atoms with Gasteiger partial charge in [0, 0.05) is 18.6 Å². The number of nitrogens with zero attached hydrogens (tertiary/aromatic N) is 1. The Morgan fingerprint density at radius 1 is 0.929 bits per heavy atom. The van der Waals surface area contributed by atoms with Crippen molar-refractivity contribution in [3.8, 4) is 0 Å². The number of hydrogen-bond acceptors (Lipinski definition) is 1. The summed E-state index contributed by atoms with van der Waals surface area (Å²) in [5.41, 5.74) is 5.23. The van der Waals surface area contributed by atoms with Gasteiger partial charge in [-0.05, 0) is 85.5 Å². The van der Waals surface area contributed by atoms with Crippen molar-refractivity contribution in [1.82, 2.24) is 4.90 Å². The molecule has 4 saturated carbocycles. The number of rotatable bonds is 3. The highest BCUT2D eigenvalue weighted by molar-refractivity contribution is 5.29. The first-order valence-electron chi connectivity index (χ1n) is 12.0. The van der Waals surface area contributed by atoms with E-state index in [4.69, 9.17) is 0 Å². The lowest BCUT2D eigenvalue weighted by molar-refractivity contribution is -0.132. The molecule has 150 valence electrons. The molecule has 0 radical (unpaired) electrons. The lowest BCUT2D eigenvalue weighted by atomic mass is 9.38. The van der Waals surface area contributed by atoms with Gasteiger partial charge in [0.05, 0.1) is 0 Å². The van der Waals surface area contributed by atoms with Crippen molar-refractivity contribution in [2.24, 2.45) is 22.2 Å². The zero-order valence-electron chi connectivity index (χ0n) is 17.9. The van der Waals surface area contributed by atoms with Crippen LogP contribution in [0.3, 0.4) is 0 Å². The summed E-state index contributed by atoms with van der Waals surface area (Å²) < 4.78 is 0. The first-order chi connectivity index (χ1) is 13.4. The van der Waals surface area contributed by atoms with E-state index < -0.39 is 0 Å². The highest BCUT2D eigenvalue weighted by atomic mass is 15.2. The van der Waals surface area contributed by atoms with E-state index in [1.54, 1.807) is 0 Å². The van der Waals surface area contributed by atoms with E-state index in [-0.39, 0.29) is 0 Å². The van der Waals surface area contributed by atoms with E-state index in [2.05, 4.69) is 55.2 Å². The molecule has 0 amide bonds. The highest BCUT2D eigenvalue weighted by Crippen LogP contribution is 2.72. The van der Waals surface area contributed by atoms with E-state index in [0.29, 0.717) is 22.3 Å². The highest BCUT2D eigenvalue weighted by Gasteiger charge is 2.61. The monoisotopic (exact) mass is 375 g/mol. The molecule has 6 bridgehead atoms. The fraction of sp³-hybridized carbons (Fsp3) is 0.704. The number of fused-ring (bicyclic) bond motifs is 2. The van der Waals surface area contributed by atoms with Crippen LogP contribution in [0.15, 0.2) is 42.0 Å². The van der Waals surface area contributed by atoms with Crippen molar-refractivity contribution in [3.63, 3.8) is 0 Å². The summed E-state index contributed by atoms with van der Waals surface area (Å²) in [5.74, 6) is 1.01. The molecule has 4 atom stereocenters.